The van der Waals surface area contributed by atoms with Crippen molar-refractivity contribution in [1.29, 1.82) is 0 Å². The molecule has 6 nitrogen and oxygen atoms in total. The van der Waals surface area contributed by atoms with E-state index in [9.17, 15) is 20.1 Å². The molecule has 6 heteroatoms. The van der Waals surface area contributed by atoms with Crippen LogP contribution in [0.15, 0.2) is 12.1 Å². The summed E-state index contributed by atoms with van der Waals surface area (Å²) in [6.45, 7) is 0.147. The zero-order valence-electron chi connectivity index (χ0n) is 10.3. The van der Waals surface area contributed by atoms with E-state index in [-0.39, 0.29) is 29.2 Å². The van der Waals surface area contributed by atoms with E-state index in [1.165, 1.54) is 19.2 Å². The lowest BCUT2D eigenvalue weighted by atomic mass is 10.00. The fourth-order valence-corrected chi connectivity index (χ4v) is 1.63. The third-order valence-corrected chi connectivity index (χ3v) is 2.58. The average molecular weight is 255 g/mol. The number of hydrogen-bond donors (Lipinski definition) is 4. The Kier molecular flexibility index (Phi) is 5.08. The summed E-state index contributed by atoms with van der Waals surface area (Å²) in [5.41, 5.74) is 0.301. The number of phenols is 1. The standard InChI is InChI=1S/C12H17NO5/c1-13-5-9(15)11(16)8-3-7(6-14)4-10(18-2)12(8)17/h3-4,6,9,11,13,15-17H,5H2,1-2H3. The molecule has 0 amide bonds. The van der Waals surface area contributed by atoms with E-state index in [4.69, 9.17) is 4.74 Å². The first-order valence-electron chi connectivity index (χ1n) is 5.42. The maximum Gasteiger partial charge on any atom is 0.163 e. The molecule has 0 spiro atoms. The first kappa shape index (κ1) is 14.4. The van der Waals surface area contributed by atoms with E-state index in [1.807, 2.05) is 0 Å². The summed E-state index contributed by atoms with van der Waals surface area (Å²) < 4.78 is 4.90. The second-order valence-corrected chi connectivity index (χ2v) is 3.85. The molecule has 0 fully saturated rings. The lowest BCUT2D eigenvalue weighted by Gasteiger charge is -2.20. The minimum atomic E-state index is -1.31. The number of methoxy groups -OCH3 is 1. The van der Waals surface area contributed by atoms with Crippen molar-refractivity contribution in [2.75, 3.05) is 20.7 Å². The Balaban J connectivity index is 3.17. The summed E-state index contributed by atoms with van der Waals surface area (Å²) in [7, 11) is 2.96. The third kappa shape index (κ3) is 2.98. The Hall–Kier alpha value is -1.63. The Morgan fingerprint density at radius 3 is 2.61 bits per heavy atom. The quantitative estimate of drug-likeness (QED) is 0.527. The molecule has 0 aliphatic heterocycles. The van der Waals surface area contributed by atoms with Crippen LogP contribution in [0.25, 0.3) is 0 Å². The van der Waals surface area contributed by atoms with E-state index in [0.717, 1.165) is 0 Å². The van der Waals surface area contributed by atoms with Crippen molar-refractivity contribution in [2.24, 2.45) is 0 Å². The minimum Gasteiger partial charge on any atom is -0.504 e. The normalized spacial score (nSPS) is 14.0. The Bertz CT molecular complexity index is 421. The smallest absolute Gasteiger partial charge is 0.163 e. The summed E-state index contributed by atoms with van der Waals surface area (Å²) in [6, 6.07) is 2.66. The number of phenolic OH excluding ortho intramolecular Hbond substituents is 1. The zero-order chi connectivity index (χ0) is 13.7. The van der Waals surface area contributed by atoms with Gasteiger partial charge in [0.15, 0.2) is 11.5 Å². The van der Waals surface area contributed by atoms with Gasteiger partial charge in [0.1, 0.15) is 12.4 Å². The SMILES string of the molecule is CNCC(O)C(O)c1cc(C=O)cc(OC)c1O. The topological polar surface area (TPSA) is 99.0 Å². The summed E-state index contributed by atoms with van der Waals surface area (Å²) >= 11 is 0. The summed E-state index contributed by atoms with van der Waals surface area (Å²) in [5, 5.41) is 32.2. The maximum atomic E-state index is 10.8. The number of likely N-dealkylation sites (N-methyl/N-ethyl adjacent to an activating group) is 1. The van der Waals surface area contributed by atoms with E-state index in [0.29, 0.717) is 6.29 Å². The van der Waals surface area contributed by atoms with Crippen molar-refractivity contribution >= 4 is 6.29 Å². The van der Waals surface area contributed by atoms with Gasteiger partial charge in [0.25, 0.3) is 0 Å². The number of aliphatic hydroxyl groups is 2. The Morgan fingerprint density at radius 2 is 2.11 bits per heavy atom. The van der Waals surface area contributed by atoms with Crippen LogP contribution in [-0.2, 0) is 0 Å². The van der Waals surface area contributed by atoms with Crippen LogP contribution >= 0.6 is 0 Å². The highest BCUT2D eigenvalue weighted by atomic mass is 16.5. The maximum absolute atomic E-state index is 10.8. The second kappa shape index (κ2) is 6.34. The third-order valence-electron chi connectivity index (χ3n) is 2.58. The zero-order valence-corrected chi connectivity index (χ0v) is 10.3. The van der Waals surface area contributed by atoms with Crippen molar-refractivity contribution in [3.8, 4) is 11.5 Å². The van der Waals surface area contributed by atoms with Crippen molar-refractivity contribution in [1.82, 2.24) is 5.32 Å². The molecular weight excluding hydrogens is 238 g/mol. The predicted molar refractivity (Wildman–Crippen MR) is 64.9 cm³/mol. The van der Waals surface area contributed by atoms with Crippen LogP contribution in [0.1, 0.15) is 22.0 Å². The molecule has 2 unspecified atom stereocenters. The summed E-state index contributed by atoms with van der Waals surface area (Å²) in [6.07, 6.45) is -1.85. The van der Waals surface area contributed by atoms with Crippen LogP contribution in [0.3, 0.4) is 0 Å². The van der Waals surface area contributed by atoms with E-state index < -0.39 is 12.2 Å². The highest BCUT2D eigenvalue weighted by Crippen LogP contribution is 2.35. The molecule has 0 bridgehead atoms. The van der Waals surface area contributed by atoms with Crippen LogP contribution in [0.4, 0.5) is 0 Å². The largest absolute Gasteiger partial charge is 0.504 e. The predicted octanol–water partition coefficient (Wildman–Crippen LogP) is -0.173. The monoisotopic (exact) mass is 255 g/mol. The number of aliphatic hydroxyl groups excluding tert-OH is 2. The molecular formula is C12H17NO5. The number of carbonyl (C=O) groups excluding carboxylic acids is 1. The molecule has 0 aliphatic carbocycles. The molecule has 100 valence electrons. The molecule has 0 radical (unpaired) electrons. The summed E-state index contributed by atoms with van der Waals surface area (Å²) in [4.78, 5) is 10.8. The molecule has 4 N–H and O–H groups in total. The van der Waals surface area contributed by atoms with Crippen molar-refractivity contribution in [3.63, 3.8) is 0 Å². The Morgan fingerprint density at radius 1 is 1.44 bits per heavy atom. The van der Waals surface area contributed by atoms with Crippen molar-refractivity contribution in [2.45, 2.75) is 12.2 Å². The minimum absolute atomic E-state index is 0.0548. The molecule has 18 heavy (non-hydrogen) atoms. The molecule has 0 aliphatic rings. The molecule has 1 aromatic rings. The van der Waals surface area contributed by atoms with Gasteiger partial charge in [0.2, 0.25) is 0 Å². The van der Waals surface area contributed by atoms with Crippen LogP contribution in [0.5, 0.6) is 11.5 Å². The molecule has 0 aromatic heterocycles. The van der Waals surface area contributed by atoms with Gasteiger partial charge in [-0.1, -0.05) is 0 Å². The van der Waals surface area contributed by atoms with Crippen molar-refractivity contribution in [3.05, 3.63) is 23.3 Å². The first-order valence-corrected chi connectivity index (χ1v) is 5.42. The van der Waals surface area contributed by atoms with Gasteiger partial charge in [0.05, 0.1) is 13.2 Å². The number of benzene rings is 1. The van der Waals surface area contributed by atoms with E-state index >= 15 is 0 Å². The van der Waals surface area contributed by atoms with Gasteiger partial charge in [-0.25, -0.2) is 0 Å². The molecule has 0 saturated carbocycles. The van der Waals surface area contributed by atoms with Gasteiger partial charge in [-0.05, 0) is 19.2 Å². The number of carbonyl (C=O) groups is 1. The van der Waals surface area contributed by atoms with Gasteiger partial charge in [0, 0.05) is 17.7 Å². The van der Waals surface area contributed by atoms with Gasteiger partial charge in [-0.15, -0.1) is 0 Å². The van der Waals surface area contributed by atoms with E-state index in [2.05, 4.69) is 5.32 Å². The first-order chi connectivity index (χ1) is 8.54. The van der Waals surface area contributed by atoms with Gasteiger partial charge >= 0.3 is 0 Å². The van der Waals surface area contributed by atoms with Gasteiger partial charge in [-0.2, -0.15) is 0 Å². The fourth-order valence-electron chi connectivity index (χ4n) is 1.63. The van der Waals surface area contributed by atoms with Crippen molar-refractivity contribution < 1.29 is 24.9 Å². The van der Waals surface area contributed by atoms with Crippen LogP contribution in [-0.4, -0.2) is 48.4 Å². The number of hydrogen-bond acceptors (Lipinski definition) is 6. The van der Waals surface area contributed by atoms with Crippen LogP contribution in [0.2, 0.25) is 0 Å². The number of aromatic hydroxyl groups is 1. The fraction of sp³-hybridized carbons (Fsp3) is 0.417. The molecule has 1 aromatic carbocycles. The molecule has 0 heterocycles. The van der Waals surface area contributed by atoms with E-state index in [1.54, 1.807) is 7.05 Å². The Labute approximate surface area is 105 Å². The van der Waals surface area contributed by atoms with Gasteiger partial charge < -0.3 is 25.4 Å². The molecule has 2 atom stereocenters. The average Bonchev–Trinajstić information content (AvgIpc) is 2.38. The summed E-state index contributed by atoms with van der Waals surface area (Å²) in [5.74, 6) is -0.212. The number of rotatable bonds is 6. The second-order valence-electron chi connectivity index (χ2n) is 3.85. The van der Waals surface area contributed by atoms with Gasteiger partial charge in [-0.3, -0.25) is 4.79 Å². The highest BCUT2D eigenvalue weighted by Gasteiger charge is 2.23. The molecule has 1 rings (SSSR count). The highest BCUT2D eigenvalue weighted by molar-refractivity contribution is 5.77. The lowest BCUT2D eigenvalue weighted by Crippen LogP contribution is -2.29. The van der Waals surface area contributed by atoms with Crippen LogP contribution < -0.4 is 10.1 Å². The lowest BCUT2D eigenvalue weighted by molar-refractivity contribution is 0.0187. The molecule has 0 saturated heterocycles. The number of nitrogens with one attached hydrogen (secondary N) is 1. The number of aldehydes is 1. The number of ether oxygens (including phenoxy) is 1. The van der Waals surface area contributed by atoms with Crippen LogP contribution in [0, 0.1) is 0 Å².